The molecule has 0 bridgehead atoms. The maximum Gasteiger partial charge on any atom is 0.255 e. The van der Waals surface area contributed by atoms with E-state index in [2.05, 4.69) is 28.2 Å². The largest absolute Gasteiger partial charge is 0.492 e. The molecular weight excluding hydrogens is 444 g/mol. The van der Waals surface area contributed by atoms with E-state index >= 15 is 0 Å². The molecule has 0 unspecified atom stereocenters. The Hall–Kier alpha value is -2.34. The normalized spacial score (nSPS) is 13.3. The second-order valence-electron chi connectivity index (χ2n) is 7.59. The van der Waals surface area contributed by atoms with Gasteiger partial charge in [-0.05, 0) is 71.6 Å². The van der Waals surface area contributed by atoms with Crippen molar-refractivity contribution in [2.75, 3.05) is 25.0 Å². The van der Waals surface area contributed by atoms with Gasteiger partial charge in [-0.15, -0.1) is 0 Å². The van der Waals surface area contributed by atoms with E-state index < -0.39 is 0 Å². The summed E-state index contributed by atoms with van der Waals surface area (Å²) in [6, 6.07) is 12.4. The molecule has 0 atom stereocenters. The molecule has 1 aliphatic rings. The van der Waals surface area contributed by atoms with E-state index in [1.165, 1.54) is 12.8 Å². The van der Waals surface area contributed by atoms with Gasteiger partial charge in [0.25, 0.3) is 11.8 Å². The molecule has 0 aliphatic carbocycles. The highest BCUT2D eigenvalue weighted by molar-refractivity contribution is 9.10. The van der Waals surface area contributed by atoms with Crippen molar-refractivity contribution in [1.82, 2.24) is 4.90 Å². The number of nitrogens with one attached hydrogen (secondary N) is 1. The Morgan fingerprint density at radius 1 is 1.03 bits per heavy atom. The summed E-state index contributed by atoms with van der Waals surface area (Å²) in [6.45, 7) is 4.46. The summed E-state index contributed by atoms with van der Waals surface area (Å²) in [4.78, 5) is 27.1. The predicted octanol–water partition coefficient (Wildman–Crippen LogP) is 5.90. The summed E-state index contributed by atoms with van der Waals surface area (Å²) in [7, 11) is 0. The smallest absolute Gasteiger partial charge is 0.255 e. The summed E-state index contributed by atoms with van der Waals surface area (Å²) in [5, 5.41) is 2.89. The van der Waals surface area contributed by atoms with E-state index in [0.717, 1.165) is 49.0 Å². The van der Waals surface area contributed by atoms with E-state index in [-0.39, 0.29) is 11.8 Å². The lowest BCUT2D eigenvalue weighted by Gasteiger charge is -2.16. The number of carbonyl (C=O) groups excluding carboxylic acids is 2. The van der Waals surface area contributed by atoms with Crippen molar-refractivity contribution < 1.29 is 14.3 Å². The third kappa shape index (κ3) is 6.08. The number of benzene rings is 2. The molecule has 30 heavy (non-hydrogen) atoms. The van der Waals surface area contributed by atoms with Crippen molar-refractivity contribution in [3.05, 3.63) is 58.1 Å². The second-order valence-corrected chi connectivity index (χ2v) is 8.44. The summed E-state index contributed by atoms with van der Waals surface area (Å²) in [5.74, 6) is 0.531. The van der Waals surface area contributed by atoms with E-state index in [9.17, 15) is 9.59 Å². The highest BCUT2D eigenvalue weighted by Crippen LogP contribution is 2.27. The number of unbranched alkanes of at least 4 members (excludes halogenated alkanes) is 3. The number of nitrogens with zero attached hydrogens (tertiary/aromatic N) is 1. The molecule has 0 radical (unpaired) electrons. The van der Waals surface area contributed by atoms with Crippen LogP contribution in [0, 0.1) is 0 Å². The number of halogens is 1. The standard InChI is InChI=1S/C24H29BrN2O3/c1-2-3-4-7-15-30-22-12-11-18(17-21(22)25)23(28)26-20-10-8-9-19(16-20)24(29)27-13-5-6-14-27/h8-12,16-17H,2-7,13-15H2,1H3,(H,26,28). The van der Waals surface area contributed by atoms with Crippen LogP contribution in [0.2, 0.25) is 0 Å². The Morgan fingerprint density at radius 2 is 1.83 bits per heavy atom. The third-order valence-corrected chi connectivity index (χ3v) is 5.83. The SMILES string of the molecule is CCCCCCOc1ccc(C(=O)Nc2cccc(C(=O)N3CCCC3)c2)cc1Br. The van der Waals surface area contributed by atoms with Crippen LogP contribution in [0.5, 0.6) is 5.75 Å². The third-order valence-electron chi connectivity index (χ3n) is 5.21. The van der Waals surface area contributed by atoms with Gasteiger partial charge in [0.15, 0.2) is 0 Å². The molecule has 2 aromatic carbocycles. The first-order valence-electron chi connectivity index (χ1n) is 10.7. The van der Waals surface area contributed by atoms with Crippen LogP contribution in [0.1, 0.15) is 66.2 Å². The Kier molecular flexibility index (Phi) is 8.31. The van der Waals surface area contributed by atoms with E-state index in [1.54, 1.807) is 36.4 Å². The minimum Gasteiger partial charge on any atom is -0.492 e. The van der Waals surface area contributed by atoms with Crippen LogP contribution in [0.4, 0.5) is 5.69 Å². The molecule has 1 aliphatic heterocycles. The number of carbonyl (C=O) groups is 2. The van der Waals surface area contributed by atoms with Crippen LogP contribution >= 0.6 is 15.9 Å². The zero-order valence-electron chi connectivity index (χ0n) is 17.5. The van der Waals surface area contributed by atoms with Crippen LogP contribution in [0.25, 0.3) is 0 Å². The Bertz CT molecular complexity index is 879. The van der Waals surface area contributed by atoms with Gasteiger partial charge in [0.05, 0.1) is 11.1 Å². The van der Waals surface area contributed by atoms with Gasteiger partial charge in [-0.25, -0.2) is 0 Å². The van der Waals surface area contributed by atoms with Gasteiger partial charge in [-0.1, -0.05) is 32.3 Å². The summed E-state index contributed by atoms with van der Waals surface area (Å²) < 4.78 is 6.56. The number of hydrogen-bond donors (Lipinski definition) is 1. The summed E-state index contributed by atoms with van der Waals surface area (Å²) >= 11 is 3.50. The van der Waals surface area contributed by atoms with Crippen LogP contribution in [0.3, 0.4) is 0 Å². The Morgan fingerprint density at radius 3 is 2.57 bits per heavy atom. The fourth-order valence-electron chi connectivity index (χ4n) is 3.51. The van der Waals surface area contributed by atoms with Crippen molar-refractivity contribution >= 4 is 33.4 Å². The molecular formula is C24H29BrN2O3. The summed E-state index contributed by atoms with van der Waals surface area (Å²) in [5.41, 5.74) is 1.73. The number of amides is 2. The fraction of sp³-hybridized carbons (Fsp3) is 0.417. The van der Waals surface area contributed by atoms with Gasteiger partial charge in [-0.3, -0.25) is 9.59 Å². The molecule has 5 nitrogen and oxygen atoms in total. The molecule has 0 spiro atoms. The lowest BCUT2D eigenvalue weighted by atomic mass is 10.1. The zero-order chi connectivity index (χ0) is 21.3. The van der Waals surface area contributed by atoms with Crippen LogP contribution in [-0.2, 0) is 0 Å². The molecule has 1 N–H and O–H groups in total. The predicted molar refractivity (Wildman–Crippen MR) is 123 cm³/mol. The fourth-order valence-corrected chi connectivity index (χ4v) is 4.00. The number of likely N-dealkylation sites (tertiary alicyclic amines) is 1. The molecule has 6 heteroatoms. The molecule has 0 saturated carbocycles. The zero-order valence-corrected chi connectivity index (χ0v) is 19.0. The molecule has 160 valence electrons. The molecule has 2 amide bonds. The van der Waals surface area contributed by atoms with Gasteiger partial charge >= 0.3 is 0 Å². The minimum absolute atomic E-state index is 0.0202. The maximum absolute atomic E-state index is 12.7. The van der Waals surface area contributed by atoms with E-state index in [1.807, 2.05) is 11.0 Å². The average Bonchev–Trinajstić information content (AvgIpc) is 3.29. The Labute approximate surface area is 186 Å². The Balaban J connectivity index is 1.59. The number of anilines is 1. The lowest BCUT2D eigenvalue weighted by molar-refractivity contribution is 0.0792. The molecule has 3 rings (SSSR count). The number of ether oxygens (including phenoxy) is 1. The van der Waals surface area contributed by atoms with Crippen molar-refractivity contribution in [3.63, 3.8) is 0 Å². The van der Waals surface area contributed by atoms with E-state index in [0.29, 0.717) is 23.4 Å². The first kappa shape index (κ1) is 22.3. The molecule has 2 aromatic rings. The van der Waals surface area contributed by atoms with Crippen molar-refractivity contribution in [2.24, 2.45) is 0 Å². The first-order valence-corrected chi connectivity index (χ1v) is 11.5. The molecule has 1 fully saturated rings. The van der Waals surface area contributed by atoms with E-state index in [4.69, 9.17) is 4.74 Å². The number of hydrogen-bond acceptors (Lipinski definition) is 3. The van der Waals surface area contributed by atoms with Gasteiger partial charge in [-0.2, -0.15) is 0 Å². The summed E-state index contributed by atoms with van der Waals surface area (Å²) in [6.07, 6.45) is 6.70. The van der Waals surface area contributed by atoms with Crippen LogP contribution < -0.4 is 10.1 Å². The van der Waals surface area contributed by atoms with Gasteiger partial charge in [0, 0.05) is 29.9 Å². The number of rotatable bonds is 9. The van der Waals surface area contributed by atoms with Gasteiger partial charge in [0.1, 0.15) is 5.75 Å². The quantitative estimate of drug-likeness (QED) is 0.462. The maximum atomic E-state index is 12.7. The monoisotopic (exact) mass is 472 g/mol. The van der Waals surface area contributed by atoms with Crippen LogP contribution in [-0.4, -0.2) is 36.4 Å². The average molecular weight is 473 g/mol. The minimum atomic E-state index is -0.226. The highest BCUT2D eigenvalue weighted by atomic mass is 79.9. The topological polar surface area (TPSA) is 58.6 Å². The van der Waals surface area contributed by atoms with Crippen LogP contribution in [0.15, 0.2) is 46.9 Å². The van der Waals surface area contributed by atoms with Crippen molar-refractivity contribution in [3.8, 4) is 5.75 Å². The van der Waals surface area contributed by atoms with Gasteiger partial charge in [0.2, 0.25) is 0 Å². The molecule has 1 heterocycles. The lowest BCUT2D eigenvalue weighted by Crippen LogP contribution is -2.27. The van der Waals surface area contributed by atoms with Crippen molar-refractivity contribution in [1.29, 1.82) is 0 Å². The highest BCUT2D eigenvalue weighted by Gasteiger charge is 2.20. The molecule has 1 saturated heterocycles. The second kappa shape index (κ2) is 11.2. The first-order chi connectivity index (χ1) is 14.6. The van der Waals surface area contributed by atoms with Crippen molar-refractivity contribution in [2.45, 2.75) is 45.4 Å². The van der Waals surface area contributed by atoms with Gasteiger partial charge < -0.3 is 15.0 Å². The molecule has 0 aromatic heterocycles.